The second-order valence-corrected chi connectivity index (χ2v) is 3.03. The van der Waals surface area contributed by atoms with Crippen LogP contribution in [-0.4, -0.2) is 18.1 Å². The molecule has 1 N–H and O–H groups in total. The molecule has 64 valence electrons. The Kier molecular flexibility index (Phi) is 1.43. The fraction of sp³-hybridized carbons (Fsp3) is 0.500. The summed E-state index contributed by atoms with van der Waals surface area (Å²) in [7, 11) is 0. The minimum Gasteiger partial charge on any atom is -0.441 e. The second-order valence-electron chi connectivity index (χ2n) is 3.03. The molecule has 0 bridgehead atoms. The van der Waals surface area contributed by atoms with E-state index in [1.54, 1.807) is 0 Å². The van der Waals surface area contributed by atoms with Gasteiger partial charge in [0.15, 0.2) is 6.23 Å². The quantitative estimate of drug-likeness (QED) is 0.435. The maximum Gasteiger partial charge on any atom is 0.304 e. The van der Waals surface area contributed by atoms with Gasteiger partial charge in [-0.25, -0.2) is 0 Å². The maximum absolute atomic E-state index is 11.1. The van der Waals surface area contributed by atoms with Gasteiger partial charge < -0.3 is 10.1 Å². The minimum absolute atomic E-state index is 0.0475. The third-order valence-corrected chi connectivity index (χ3v) is 2.19. The third kappa shape index (κ3) is 0.913. The number of carbonyl (C=O) groups excluding carboxylic acids is 2. The zero-order valence-electron chi connectivity index (χ0n) is 6.61. The Bertz CT molecular complexity index is 271. The van der Waals surface area contributed by atoms with Crippen LogP contribution in [0.25, 0.3) is 0 Å². The molecular weight excluding hydrogens is 158 g/mol. The lowest BCUT2D eigenvalue weighted by molar-refractivity contribution is -0.149. The van der Waals surface area contributed by atoms with Gasteiger partial charge in [0, 0.05) is 12.8 Å². The van der Waals surface area contributed by atoms with Crippen LogP contribution >= 0.6 is 0 Å². The Morgan fingerprint density at radius 3 is 2.75 bits per heavy atom. The first-order valence-electron chi connectivity index (χ1n) is 3.84. The summed E-state index contributed by atoms with van der Waals surface area (Å²) < 4.78 is 4.89. The summed E-state index contributed by atoms with van der Waals surface area (Å²) in [6.07, 6.45) is 3.27. The van der Waals surface area contributed by atoms with Crippen molar-refractivity contribution in [2.75, 3.05) is 0 Å². The first kappa shape index (κ1) is 7.34. The summed E-state index contributed by atoms with van der Waals surface area (Å²) in [4.78, 5) is 21.7. The van der Waals surface area contributed by atoms with E-state index in [4.69, 9.17) is 4.74 Å². The highest BCUT2D eigenvalue weighted by molar-refractivity contribution is 5.86. The molecule has 1 aliphatic heterocycles. The van der Waals surface area contributed by atoms with E-state index in [2.05, 4.69) is 5.32 Å². The van der Waals surface area contributed by atoms with E-state index >= 15 is 0 Å². The van der Waals surface area contributed by atoms with Crippen LogP contribution in [0.4, 0.5) is 0 Å². The highest BCUT2D eigenvalue weighted by Gasteiger charge is 2.45. The zero-order valence-corrected chi connectivity index (χ0v) is 6.61. The van der Waals surface area contributed by atoms with Crippen molar-refractivity contribution in [2.24, 2.45) is 11.8 Å². The molecule has 1 heterocycles. The minimum atomic E-state index is -0.440. The Balaban J connectivity index is 2.06. The van der Waals surface area contributed by atoms with Gasteiger partial charge in [-0.1, -0.05) is 12.2 Å². The number of amides is 1. The predicted molar refractivity (Wildman–Crippen MR) is 39.8 cm³/mol. The van der Waals surface area contributed by atoms with Gasteiger partial charge in [-0.3, -0.25) is 9.59 Å². The summed E-state index contributed by atoms with van der Waals surface area (Å²) in [5.74, 6) is -0.425. The molecule has 12 heavy (non-hydrogen) atoms. The van der Waals surface area contributed by atoms with E-state index in [0.717, 1.165) is 0 Å². The molecule has 2 aliphatic rings. The molecule has 0 saturated carbocycles. The molecule has 1 amide bonds. The lowest BCUT2D eigenvalue weighted by atomic mass is 9.84. The molecule has 3 atom stereocenters. The van der Waals surface area contributed by atoms with Gasteiger partial charge in [-0.05, 0) is 0 Å². The summed E-state index contributed by atoms with van der Waals surface area (Å²) in [6, 6.07) is 0. The van der Waals surface area contributed by atoms with Gasteiger partial charge in [0.05, 0.1) is 5.92 Å². The van der Waals surface area contributed by atoms with Crippen LogP contribution in [0.1, 0.15) is 6.92 Å². The lowest BCUT2D eigenvalue weighted by Gasteiger charge is -2.22. The first-order valence-corrected chi connectivity index (χ1v) is 3.84. The van der Waals surface area contributed by atoms with Crippen molar-refractivity contribution in [1.29, 1.82) is 0 Å². The van der Waals surface area contributed by atoms with Crippen molar-refractivity contribution in [3.05, 3.63) is 12.2 Å². The normalized spacial score (nSPS) is 36.8. The van der Waals surface area contributed by atoms with Crippen LogP contribution in [0.15, 0.2) is 12.2 Å². The second kappa shape index (κ2) is 2.33. The van der Waals surface area contributed by atoms with Crippen LogP contribution < -0.4 is 5.32 Å². The average molecular weight is 167 g/mol. The average Bonchev–Trinajstić information content (AvgIpc) is 1.98. The Labute approximate surface area is 69.6 Å². The van der Waals surface area contributed by atoms with Crippen molar-refractivity contribution in [3.8, 4) is 0 Å². The molecule has 1 fully saturated rings. The standard InChI is InChI=1S/C8H9NO3/c1-4(10)12-8-6-3-2-5(6)7(11)9-8/h2-3,5-6,8H,1H3,(H,9,11). The third-order valence-electron chi connectivity index (χ3n) is 2.19. The number of rotatable bonds is 1. The number of fused-ring (bicyclic) bond motifs is 1. The molecule has 0 aromatic heterocycles. The predicted octanol–water partition coefficient (Wildman–Crippen LogP) is -0.192. The fourth-order valence-corrected chi connectivity index (χ4v) is 1.52. The van der Waals surface area contributed by atoms with Crippen molar-refractivity contribution in [1.82, 2.24) is 5.32 Å². The van der Waals surface area contributed by atoms with Crippen LogP contribution in [-0.2, 0) is 14.3 Å². The van der Waals surface area contributed by atoms with E-state index < -0.39 is 6.23 Å². The SMILES string of the molecule is CC(=O)OC1NC(=O)C2C=CC12. The van der Waals surface area contributed by atoms with Gasteiger partial charge in [-0.2, -0.15) is 0 Å². The monoisotopic (exact) mass is 167 g/mol. The van der Waals surface area contributed by atoms with Crippen LogP contribution in [0, 0.1) is 11.8 Å². The molecule has 1 aliphatic carbocycles. The highest BCUT2D eigenvalue weighted by atomic mass is 16.6. The molecule has 0 aromatic rings. The molecule has 1 saturated heterocycles. The molecule has 0 radical (unpaired) electrons. The Morgan fingerprint density at radius 1 is 1.58 bits per heavy atom. The van der Waals surface area contributed by atoms with E-state index in [9.17, 15) is 9.59 Å². The number of ether oxygens (including phenoxy) is 1. The smallest absolute Gasteiger partial charge is 0.304 e. The zero-order chi connectivity index (χ0) is 8.72. The number of carbonyl (C=O) groups is 2. The summed E-state index contributed by atoms with van der Waals surface area (Å²) in [5, 5.41) is 2.60. The number of esters is 1. The fourth-order valence-electron chi connectivity index (χ4n) is 1.52. The molecule has 4 heteroatoms. The van der Waals surface area contributed by atoms with Crippen LogP contribution in [0.3, 0.4) is 0 Å². The highest BCUT2D eigenvalue weighted by Crippen LogP contribution is 2.34. The van der Waals surface area contributed by atoms with Crippen molar-refractivity contribution < 1.29 is 14.3 Å². The number of hydrogen-bond donors (Lipinski definition) is 1. The molecule has 0 spiro atoms. The topological polar surface area (TPSA) is 55.4 Å². The summed E-state index contributed by atoms with van der Waals surface area (Å²) in [5.41, 5.74) is 0. The largest absolute Gasteiger partial charge is 0.441 e. The maximum atomic E-state index is 11.1. The Hall–Kier alpha value is -1.32. The van der Waals surface area contributed by atoms with Gasteiger partial charge in [0.1, 0.15) is 0 Å². The molecule has 4 nitrogen and oxygen atoms in total. The molecule has 2 rings (SSSR count). The number of hydrogen-bond acceptors (Lipinski definition) is 3. The van der Waals surface area contributed by atoms with Crippen LogP contribution in [0.5, 0.6) is 0 Å². The summed E-state index contributed by atoms with van der Waals surface area (Å²) >= 11 is 0. The van der Waals surface area contributed by atoms with Crippen molar-refractivity contribution >= 4 is 11.9 Å². The number of nitrogens with one attached hydrogen (secondary N) is 1. The Morgan fingerprint density at radius 2 is 2.33 bits per heavy atom. The van der Waals surface area contributed by atoms with Crippen LogP contribution in [0.2, 0.25) is 0 Å². The molecule has 3 unspecified atom stereocenters. The van der Waals surface area contributed by atoms with Gasteiger partial charge in [-0.15, -0.1) is 0 Å². The van der Waals surface area contributed by atoms with Crippen molar-refractivity contribution in [2.45, 2.75) is 13.2 Å². The van der Waals surface area contributed by atoms with E-state index in [-0.39, 0.29) is 23.7 Å². The van der Waals surface area contributed by atoms with Gasteiger partial charge in [0.25, 0.3) is 0 Å². The summed E-state index contributed by atoms with van der Waals surface area (Å²) in [6.45, 7) is 1.34. The van der Waals surface area contributed by atoms with Gasteiger partial charge in [0.2, 0.25) is 5.91 Å². The molecule has 0 aromatic carbocycles. The van der Waals surface area contributed by atoms with E-state index in [0.29, 0.717) is 0 Å². The molecular formula is C8H9NO3. The first-order chi connectivity index (χ1) is 5.68. The van der Waals surface area contributed by atoms with Gasteiger partial charge >= 0.3 is 5.97 Å². The van der Waals surface area contributed by atoms with E-state index in [1.165, 1.54) is 6.92 Å². The lowest BCUT2D eigenvalue weighted by Crippen LogP contribution is -2.33. The van der Waals surface area contributed by atoms with E-state index in [1.807, 2.05) is 12.2 Å². The van der Waals surface area contributed by atoms with Crippen molar-refractivity contribution in [3.63, 3.8) is 0 Å².